The van der Waals surface area contributed by atoms with E-state index >= 15 is 0 Å². The number of hydrogen-bond acceptors (Lipinski definition) is 3. The Labute approximate surface area is 91.7 Å². The van der Waals surface area contributed by atoms with E-state index < -0.39 is 0 Å². The third-order valence-corrected chi connectivity index (χ3v) is 2.37. The third-order valence-electron chi connectivity index (χ3n) is 2.37. The van der Waals surface area contributed by atoms with Gasteiger partial charge in [0.1, 0.15) is 0 Å². The second kappa shape index (κ2) is 3.62. The average molecular weight is 211 g/mol. The Balaban J connectivity index is 2.07. The highest BCUT2D eigenvalue weighted by Crippen LogP contribution is 2.17. The van der Waals surface area contributed by atoms with Crippen molar-refractivity contribution in [2.75, 3.05) is 0 Å². The first-order valence-corrected chi connectivity index (χ1v) is 4.91. The van der Waals surface area contributed by atoms with E-state index in [1.807, 2.05) is 53.4 Å². The first-order chi connectivity index (χ1) is 7.93. The van der Waals surface area contributed by atoms with Gasteiger partial charge in [0.05, 0.1) is 0 Å². The quantitative estimate of drug-likeness (QED) is 0.701. The first kappa shape index (κ1) is 8.84. The smallest absolute Gasteiger partial charge is 0.179 e. The molecule has 0 aliphatic rings. The van der Waals surface area contributed by atoms with E-state index in [4.69, 9.17) is 0 Å². The van der Waals surface area contributed by atoms with Crippen molar-refractivity contribution in [1.29, 1.82) is 0 Å². The summed E-state index contributed by atoms with van der Waals surface area (Å²) in [7, 11) is 0. The SMILES string of the molecule is c1cc(-c2nnn[nH]2)cc(-n2cccc2)c1. The van der Waals surface area contributed by atoms with Crippen LogP contribution in [0.2, 0.25) is 0 Å². The van der Waals surface area contributed by atoms with Crippen molar-refractivity contribution in [3.05, 3.63) is 48.8 Å². The van der Waals surface area contributed by atoms with Gasteiger partial charge in [0, 0.05) is 23.6 Å². The van der Waals surface area contributed by atoms with E-state index in [0.717, 1.165) is 11.3 Å². The van der Waals surface area contributed by atoms with E-state index in [1.165, 1.54) is 0 Å². The maximum Gasteiger partial charge on any atom is 0.179 e. The minimum absolute atomic E-state index is 0.675. The Morgan fingerprint density at radius 2 is 1.94 bits per heavy atom. The second-order valence-electron chi connectivity index (χ2n) is 3.39. The van der Waals surface area contributed by atoms with Crippen LogP contribution in [0.1, 0.15) is 0 Å². The summed E-state index contributed by atoms with van der Waals surface area (Å²) < 4.78 is 2.04. The topological polar surface area (TPSA) is 59.4 Å². The number of aromatic nitrogens is 5. The molecule has 5 heteroatoms. The van der Waals surface area contributed by atoms with Crippen molar-refractivity contribution in [1.82, 2.24) is 25.2 Å². The molecule has 3 rings (SSSR count). The van der Waals surface area contributed by atoms with Crippen LogP contribution in [0, 0.1) is 0 Å². The van der Waals surface area contributed by atoms with Crippen molar-refractivity contribution in [3.8, 4) is 17.1 Å². The van der Waals surface area contributed by atoms with Gasteiger partial charge in [0.2, 0.25) is 0 Å². The molecule has 1 aromatic carbocycles. The third kappa shape index (κ3) is 1.48. The molecular formula is C11H9N5. The molecule has 0 atom stereocenters. The predicted molar refractivity (Wildman–Crippen MR) is 58.9 cm³/mol. The van der Waals surface area contributed by atoms with Gasteiger partial charge in [0.25, 0.3) is 0 Å². The zero-order valence-electron chi connectivity index (χ0n) is 8.41. The summed E-state index contributed by atoms with van der Waals surface area (Å²) in [6.45, 7) is 0. The molecule has 0 radical (unpaired) electrons. The normalized spacial score (nSPS) is 10.5. The Hall–Kier alpha value is -2.43. The number of H-pyrrole nitrogens is 1. The van der Waals surface area contributed by atoms with E-state index in [1.54, 1.807) is 0 Å². The molecule has 0 bridgehead atoms. The van der Waals surface area contributed by atoms with Crippen LogP contribution < -0.4 is 0 Å². The summed E-state index contributed by atoms with van der Waals surface area (Å²) >= 11 is 0. The van der Waals surface area contributed by atoms with Crippen LogP contribution in [0.5, 0.6) is 0 Å². The standard InChI is InChI=1S/C11H9N5/c1-2-7-16(6-1)10-5-3-4-9(8-10)11-12-14-15-13-11/h1-8H,(H,12,13,14,15). The van der Waals surface area contributed by atoms with E-state index in [2.05, 4.69) is 20.6 Å². The Kier molecular flexibility index (Phi) is 2.00. The lowest BCUT2D eigenvalue weighted by molar-refractivity contribution is 0.881. The number of nitrogens with one attached hydrogen (secondary N) is 1. The maximum absolute atomic E-state index is 3.88. The molecule has 0 spiro atoms. The van der Waals surface area contributed by atoms with E-state index in [9.17, 15) is 0 Å². The highest BCUT2D eigenvalue weighted by molar-refractivity contribution is 5.58. The van der Waals surface area contributed by atoms with Gasteiger partial charge >= 0.3 is 0 Å². The zero-order chi connectivity index (χ0) is 10.8. The fourth-order valence-corrected chi connectivity index (χ4v) is 1.60. The molecule has 16 heavy (non-hydrogen) atoms. The Morgan fingerprint density at radius 1 is 1.06 bits per heavy atom. The van der Waals surface area contributed by atoms with Crippen LogP contribution in [0.4, 0.5) is 0 Å². The van der Waals surface area contributed by atoms with Gasteiger partial charge in [-0.05, 0) is 34.7 Å². The van der Waals surface area contributed by atoms with Crippen molar-refractivity contribution in [2.45, 2.75) is 0 Å². The summed E-state index contributed by atoms with van der Waals surface area (Å²) in [5.74, 6) is 0.675. The van der Waals surface area contributed by atoms with Crippen LogP contribution in [0.25, 0.3) is 17.1 Å². The number of rotatable bonds is 2. The van der Waals surface area contributed by atoms with Gasteiger partial charge in [0.15, 0.2) is 5.82 Å². The van der Waals surface area contributed by atoms with Gasteiger partial charge in [-0.3, -0.25) is 0 Å². The molecule has 0 fully saturated rings. The molecule has 0 aliphatic carbocycles. The molecule has 2 aromatic heterocycles. The zero-order valence-corrected chi connectivity index (χ0v) is 8.41. The van der Waals surface area contributed by atoms with Gasteiger partial charge in [-0.25, -0.2) is 5.10 Å². The maximum atomic E-state index is 3.88. The molecule has 5 nitrogen and oxygen atoms in total. The number of nitrogens with zero attached hydrogens (tertiary/aromatic N) is 4. The average Bonchev–Trinajstić information content (AvgIpc) is 3.03. The number of aromatic amines is 1. The van der Waals surface area contributed by atoms with E-state index in [-0.39, 0.29) is 0 Å². The van der Waals surface area contributed by atoms with Gasteiger partial charge < -0.3 is 4.57 Å². The molecule has 0 saturated carbocycles. The van der Waals surface area contributed by atoms with Crippen molar-refractivity contribution in [2.24, 2.45) is 0 Å². The van der Waals surface area contributed by atoms with Crippen molar-refractivity contribution >= 4 is 0 Å². The number of benzene rings is 1. The van der Waals surface area contributed by atoms with Crippen molar-refractivity contribution < 1.29 is 0 Å². The lowest BCUT2D eigenvalue weighted by Gasteiger charge is -2.03. The van der Waals surface area contributed by atoms with Crippen LogP contribution in [0.15, 0.2) is 48.8 Å². The molecule has 0 saturated heterocycles. The molecule has 0 unspecified atom stereocenters. The van der Waals surface area contributed by atoms with Gasteiger partial charge in [-0.15, -0.1) is 5.10 Å². The van der Waals surface area contributed by atoms with Crippen LogP contribution >= 0.6 is 0 Å². The largest absolute Gasteiger partial charge is 0.324 e. The first-order valence-electron chi connectivity index (χ1n) is 4.91. The minimum atomic E-state index is 0.675. The molecular weight excluding hydrogens is 202 g/mol. The lowest BCUT2D eigenvalue weighted by Crippen LogP contribution is -1.90. The molecule has 3 aromatic rings. The molecule has 2 heterocycles. The minimum Gasteiger partial charge on any atom is -0.324 e. The van der Waals surface area contributed by atoms with Gasteiger partial charge in [-0.1, -0.05) is 12.1 Å². The fraction of sp³-hybridized carbons (Fsp3) is 0. The Morgan fingerprint density at radius 3 is 2.69 bits per heavy atom. The molecule has 0 amide bonds. The summed E-state index contributed by atoms with van der Waals surface area (Å²) in [6.07, 6.45) is 4.00. The van der Waals surface area contributed by atoms with Crippen LogP contribution in [-0.2, 0) is 0 Å². The summed E-state index contributed by atoms with van der Waals surface area (Å²) in [6, 6.07) is 12.0. The predicted octanol–water partition coefficient (Wildman–Crippen LogP) is 1.66. The molecule has 78 valence electrons. The fourth-order valence-electron chi connectivity index (χ4n) is 1.60. The number of hydrogen-bond donors (Lipinski definition) is 1. The van der Waals surface area contributed by atoms with Crippen LogP contribution in [0.3, 0.4) is 0 Å². The second-order valence-corrected chi connectivity index (χ2v) is 3.39. The summed E-state index contributed by atoms with van der Waals surface area (Å²) in [4.78, 5) is 0. The number of tetrazole rings is 1. The molecule has 0 aliphatic heterocycles. The lowest BCUT2D eigenvalue weighted by atomic mass is 10.2. The van der Waals surface area contributed by atoms with Gasteiger partial charge in [-0.2, -0.15) is 0 Å². The highest BCUT2D eigenvalue weighted by Gasteiger charge is 2.02. The van der Waals surface area contributed by atoms with Crippen LogP contribution in [-0.4, -0.2) is 25.2 Å². The van der Waals surface area contributed by atoms with E-state index in [0.29, 0.717) is 5.82 Å². The highest BCUT2D eigenvalue weighted by atomic mass is 15.5. The summed E-state index contributed by atoms with van der Waals surface area (Å²) in [5.41, 5.74) is 2.05. The monoisotopic (exact) mass is 211 g/mol. The summed E-state index contributed by atoms with van der Waals surface area (Å²) in [5, 5.41) is 13.8. The Bertz CT molecular complexity index is 519. The van der Waals surface area contributed by atoms with Crippen molar-refractivity contribution in [3.63, 3.8) is 0 Å². The molecule has 1 N–H and O–H groups in total.